The average molecular weight is 255 g/mol. The molecule has 0 bridgehead atoms. The predicted octanol–water partition coefficient (Wildman–Crippen LogP) is 2.39. The van der Waals surface area contributed by atoms with Crippen LogP contribution in [0.15, 0.2) is 18.2 Å². The van der Waals surface area contributed by atoms with Crippen LogP contribution >= 0.6 is 0 Å². The van der Waals surface area contributed by atoms with E-state index in [1.807, 2.05) is 36.6 Å². The SMILES string of the molecule is C#CCn1c(C)nc(-c2ccc(OC)c(C)c2)c1N. The molecular weight excluding hydrogens is 238 g/mol. The summed E-state index contributed by atoms with van der Waals surface area (Å²) in [5.41, 5.74) is 8.89. The molecule has 2 aromatic rings. The molecule has 0 atom stereocenters. The molecule has 0 saturated carbocycles. The molecule has 0 fully saturated rings. The lowest BCUT2D eigenvalue weighted by molar-refractivity contribution is 0.412. The van der Waals surface area contributed by atoms with Gasteiger partial charge in [-0.05, 0) is 37.6 Å². The van der Waals surface area contributed by atoms with Gasteiger partial charge in [0.25, 0.3) is 0 Å². The second-order valence-electron chi connectivity index (χ2n) is 4.37. The van der Waals surface area contributed by atoms with E-state index in [1.165, 1.54) is 0 Å². The third-order valence-corrected chi connectivity index (χ3v) is 3.12. The van der Waals surface area contributed by atoms with Gasteiger partial charge in [0.15, 0.2) is 0 Å². The Morgan fingerprint density at radius 3 is 2.74 bits per heavy atom. The fourth-order valence-electron chi connectivity index (χ4n) is 2.11. The molecule has 0 spiro atoms. The van der Waals surface area contributed by atoms with Gasteiger partial charge in [0.1, 0.15) is 23.1 Å². The van der Waals surface area contributed by atoms with Crippen LogP contribution in [0.2, 0.25) is 0 Å². The lowest BCUT2D eigenvalue weighted by Crippen LogP contribution is -2.03. The van der Waals surface area contributed by atoms with Crippen LogP contribution in [0.5, 0.6) is 5.75 Å². The number of rotatable bonds is 3. The van der Waals surface area contributed by atoms with Crippen molar-refractivity contribution in [2.45, 2.75) is 20.4 Å². The summed E-state index contributed by atoms with van der Waals surface area (Å²) in [6.45, 7) is 4.32. The Morgan fingerprint density at radius 1 is 1.42 bits per heavy atom. The highest BCUT2D eigenvalue weighted by Crippen LogP contribution is 2.29. The first-order valence-corrected chi connectivity index (χ1v) is 5.99. The maximum absolute atomic E-state index is 6.12. The molecule has 0 amide bonds. The van der Waals surface area contributed by atoms with E-state index in [9.17, 15) is 0 Å². The van der Waals surface area contributed by atoms with Crippen LogP contribution < -0.4 is 10.5 Å². The lowest BCUT2D eigenvalue weighted by atomic mass is 10.1. The Morgan fingerprint density at radius 2 is 2.16 bits per heavy atom. The molecule has 0 aliphatic carbocycles. The van der Waals surface area contributed by atoms with E-state index in [1.54, 1.807) is 7.11 Å². The number of hydrogen-bond acceptors (Lipinski definition) is 3. The highest BCUT2D eigenvalue weighted by atomic mass is 16.5. The van der Waals surface area contributed by atoms with Gasteiger partial charge < -0.3 is 15.0 Å². The Hall–Kier alpha value is -2.41. The number of anilines is 1. The van der Waals surface area contributed by atoms with Crippen LogP contribution in [0, 0.1) is 26.2 Å². The van der Waals surface area contributed by atoms with Gasteiger partial charge in [-0.25, -0.2) is 4.98 Å². The molecule has 2 N–H and O–H groups in total. The Labute approximate surface area is 113 Å². The van der Waals surface area contributed by atoms with E-state index in [0.29, 0.717) is 12.4 Å². The number of nitrogen functional groups attached to an aromatic ring is 1. The minimum atomic E-state index is 0.430. The van der Waals surface area contributed by atoms with E-state index in [4.69, 9.17) is 16.9 Å². The molecule has 4 nitrogen and oxygen atoms in total. The second-order valence-corrected chi connectivity index (χ2v) is 4.37. The third kappa shape index (κ3) is 2.27. The molecular formula is C15H17N3O. The van der Waals surface area contributed by atoms with E-state index >= 15 is 0 Å². The standard InChI is InChI=1S/C15H17N3O/c1-5-8-18-11(3)17-14(15(18)16)12-6-7-13(19-4)10(2)9-12/h1,6-7,9H,8,16H2,2-4H3. The van der Waals surface area contributed by atoms with Gasteiger partial charge >= 0.3 is 0 Å². The highest BCUT2D eigenvalue weighted by Gasteiger charge is 2.13. The van der Waals surface area contributed by atoms with Crippen LogP contribution in [0.1, 0.15) is 11.4 Å². The summed E-state index contributed by atoms with van der Waals surface area (Å²) in [6.07, 6.45) is 5.34. The fourth-order valence-corrected chi connectivity index (χ4v) is 2.11. The van der Waals surface area contributed by atoms with Gasteiger partial charge in [-0.3, -0.25) is 0 Å². The normalized spacial score (nSPS) is 10.2. The van der Waals surface area contributed by atoms with E-state index < -0.39 is 0 Å². The summed E-state index contributed by atoms with van der Waals surface area (Å²) in [6, 6.07) is 5.88. The minimum absolute atomic E-state index is 0.430. The third-order valence-electron chi connectivity index (χ3n) is 3.12. The molecule has 19 heavy (non-hydrogen) atoms. The van der Waals surface area contributed by atoms with Gasteiger partial charge in [-0.2, -0.15) is 0 Å². The van der Waals surface area contributed by atoms with Gasteiger partial charge in [0.2, 0.25) is 0 Å². The molecule has 0 saturated heterocycles. The molecule has 98 valence electrons. The second kappa shape index (κ2) is 5.07. The summed E-state index contributed by atoms with van der Waals surface area (Å²) in [4.78, 5) is 4.50. The molecule has 1 aromatic carbocycles. The summed E-state index contributed by atoms with van der Waals surface area (Å²) < 4.78 is 7.08. The maximum Gasteiger partial charge on any atom is 0.132 e. The number of terminal acetylenes is 1. The zero-order chi connectivity index (χ0) is 14.0. The zero-order valence-electron chi connectivity index (χ0n) is 11.4. The van der Waals surface area contributed by atoms with Crippen molar-refractivity contribution in [1.29, 1.82) is 0 Å². The minimum Gasteiger partial charge on any atom is -0.496 e. The van der Waals surface area contributed by atoms with Crippen molar-refractivity contribution in [3.05, 3.63) is 29.6 Å². The van der Waals surface area contributed by atoms with Crippen molar-refractivity contribution in [3.63, 3.8) is 0 Å². The monoisotopic (exact) mass is 255 g/mol. The molecule has 0 radical (unpaired) electrons. The first-order valence-electron chi connectivity index (χ1n) is 5.99. The molecule has 2 rings (SSSR count). The summed E-state index contributed by atoms with van der Waals surface area (Å²) in [5, 5.41) is 0. The quantitative estimate of drug-likeness (QED) is 0.857. The van der Waals surface area contributed by atoms with Crippen molar-refractivity contribution in [2.24, 2.45) is 0 Å². The van der Waals surface area contributed by atoms with Crippen LogP contribution in [0.3, 0.4) is 0 Å². The molecule has 0 unspecified atom stereocenters. The van der Waals surface area contributed by atoms with Gasteiger partial charge in [0.05, 0.1) is 13.7 Å². The molecule has 1 heterocycles. The number of ether oxygens (including phenoxy) is 1. The highest BCUT2D eigenvalue weighted by molar-refractivity contribution is 5.72. The van der Waals surface area contributed by atoms with Gasteiger partial charge in [0, 0.05) is 5.56 Å². The first-order chi connectivity index (χ1) is 9.08. The number of aromatic nitrogens is 2. The molecule has 0 aliphatic rings. The number of aryl methyl sites for hydroxylation is 2. The molecule has 1 aromatic heterocycles. The van der Waals surface area contributed by atoms with Crippen molar-refractivity contribution < 1.29 is 4.74 Å². The summed E-state index contributed by atoms with van der Waals surface area (Å²) in [5.74, 6) is 4.85. The Balaban J connectivity index is 2.51. The van der Waals surface area contributed by atoms with Gasteiger partial charge in [-0.1, -0.05) is 5.92 Å². The van der Waals surface area contributed by atoms with Crippen LogP contribution in [-0.4, -0.2) is 16.7 Å². The average Bonchev–Trinajstić information content (AvgIpc) is 2.67. The first kappa shape index (κ1) is 13.0. The Kier molecular flexibility index (Phi) is 3.48. The topological polar surface area (TPSA) is 53.1 Å². The van der Waals surface area contributed by atoms with Crippen molar-refractivity contribution in [2.75, 3.05) is 12.8 Å². The number of benzene rings is 1. The van der Waals surface area contributed by atoms with E-state index in [2.05, 4.69) is 10.9 Å². The van der Waals surface area contributed by atoms with E-state index in [0.717, 1.165) is 28.4 Å². The predicted molar refractivity (Wildman–Crippen MR) is 76.9 cm³/mol. The fraction of sp³-hybridized carbons (Fsp3) is 0.267. The number of hydrogen-bond donors (Lipinski definition) is 1. The lowest BCUT2D eigenvalue weighted by Gasteiger charge is -2.07. The molecule has 4 heteroatoms. The number of nitrogens with zero attached hydrogens (tertiary/aromatic N) is 2. The van der Waals surface area contributed by atoms with E-state index in [-0.39, 0.29) is 0 Å². The number of imidazole rings is 1. The van der Waals surface area contributed by atoms with Gasteiger partial charge in [-0.15, -0.1) is 6.42 Å². The summed E-state index contributed by atoms with van der Waals surface area (Å²) >= 11 is 0. The summed E-state index contributed by atoms with van der Waals surface area (Å²) in [7, 11) is 1.65. The maximum atomic E-state index is 6.12. The molecule has 0 aliphatic heterocycles. The van der Waals surface area contributed by atoms with Crippen molar-refractivity contribution in [1.82, 2.24) is 9.55 Å². The number of methoxy groups -OCH3 is 1. The number of nitrogens with two attached hydrogens (primary N) is 1. The smallest absolute Gasteiger partial charge is 0.132 e. The Bertz CT molecular complexity index is 650. The zero-order valence-corrected chi connectivity index (χ0v) is 11.4. The largest absolute Gasteiger partial charge is 0.496 e. The van der Waals surface area contributed by atoms with Crippen LogP contribution in [-0.2, 0) is 6.54 Å². The van der Waals surface area contributed by atoms with Crippen molar-refractivity contribution in [3.8, 4) is 29.4 Å². The van der Waals surface area contributed by atoms with Crippen molar-refractivity contribution >= 4 is 5.82 Å². The van der Waals surface area contributed by atoms with Crippen LogP contribution in [0.25, 0.3) is 11.3 Å². The van der Waals surface area contributed by atoms with Crippen LogP contribution in [0.4, 0.5) is 5.82 Å².